The summed E-state index contributed by atoms with van der Waals surface area (Å²) in [6.07, 6.45) is 1.09. The second-order valence-electron chi connectivity index (χ2n) is 10.3. The first kappa shape index (κ1) is 26.4. The standard InChI is InChI=1S/C27H19Cl2F2N3O6/c28-26-10-16-13(8-9-14-18(16)22(37)34(21(14)36)25(32)40)19(15-2-1-3-17(31)20(15)35)27(26,29)24(39)33(23(26)38)12-6-4-11(30)5-7-12/h1-8,14,16,18-19,35H,9-10H2,(H2,32,40)/t14-,16+,18-,19+,26+,27-/m0/s1. The molecule has 3 N–H and O–H groups in total. The predicted octanol–water partition coefficient (Wildman–Crippen LogP) is 3.31. The summed E-state index contributed by atoms with van der Waals surface area (Å²) in [5.74, 6) is -10.8. The van der Waals surface area contributed by atoms with Crippen LogP contribution in [0.1, 0.15) is 24.3 Å². The fraction of sp³-hybridized carbons (Fsp3) is 0.296. The number of phenolic OH excluding ortho intramolecular Hbond substituents is 1. The molecule has 206 valence electrons. The normalized spacial score (nSPS) is 33.0. The fourth-order valence-corrected chi connectivity index (χ4v) is 7.65. The van der Waals surface area contributed by atoms with E-state index in [2.05, 4.69) is 0 Å². The molecule has 6 atom stereocenters. The number of likely N-dealkylation sites (tertiary alicyclic amines) is 1. The molecule has 0 bridgehead atoms. The van der Waals surface area contributed by atoms with Crippen molar-refractivity contribution >= 4 is 58.5 Å². The number of halogens is 4. The van der Waals surface area contributed by atoms with Gasteiger partial charge in [0.25, 0.3) is 11.8 Å². The van der Waals surface area contributed by atoms with Crippen LogP contribution in [0.4, 0.5) is 19.3 Å². The highest BCUT2D eigenvalue weighted by molar-refractivity contribution is 6.58. The molecule has 6 amide bonds. The molecule has 13 heteroatoms. The van der Waals surface area contributed by atoms with Crippen LogP contribution in [0.2, 0.25) is 0 Å². The second-order valence-corrected chi connectivity index (χ2v) is 11.5. The average Bonchev–Trinajstić information content (AvgIpc) is 3.25. The minimum Gasteiger partial charge on any atom is -0.505 e. The first-order valence-corrected chi connectivity index (χ1v) is 13.0. The number of hydrogen-bond donors (Lipinski definition) is 2. The van der Waals surface area contributed by atoms with Gasteiger partial charge in [0.1, 0.15) is 5.82 Å². The van der Waals surface area contributed by atoms with Crippen molar-refractivity contribution < 1.29 is 37.9 Å². The average molecular weight is 590 g/mol. The number of fused-ring (bicyclic) bond motifs is 4. The number of carbonyl (C=O) groups excluding carboxylic acids is 5. The number of primary amides is 1. The Balaban J connectivity index is 1.59. The number of benzene rings is 2. The van der Waals surface area contributed by atoms with E-state index in [1.165, 1.54) is 24.3 Å². The van der Waals surface area contributed by atoms with Crippen molar-refractivity contribution in [3.05, 3.63) is 71.3 Å². The lowest BCUT2D eigenvalue weighted by molar-refractivity contribution is -0.136. The van der Waals surface area contributed by atoms with Crippen molar-refractivity contribution in [1.29, 1.82) is 0 Å². The van der Waals surface area contributed by atoms with Gasteiger partial charge in [0.15, 0.2) is 21.3 Å². The van der Waals surface area contributed by atoms with Crippen molar-refractivity contribution in [2.45, 2.75) is 28.5 Å². The molecular weight excluding hydrogens is 571 g/mol. The smallest absolute Gasteiger partial charge is 0.328 e. The number of urea groups is 1. The Bertz CT molecular complexity index is 1580. The van der Waals surface area contributed by atoms with Gasteiger partial charge in [-0.05, 0) is 49.1 Å². The number of aromatic hydroxyl groups is 1. The van der Waals surface area contributed by atoms with E-state index < -0.39 is 86.9 Å². The molecule has 2 aromatic carbocycles. The molecule has 0 aromatic heterocycles. The van der Waals surface area contributed by atoms with Crippen molar-refractivity contribution in [2.75, 3.05) is 4.90 Å². The Morgan fingerprint density at radius 2 is 1.65 bits per heavy atom. The summed E-state index contributed by atoms with van der Waals surface area (Å²) >= 11 is 14.2. The van der Waals surface area contributed by atoms with E-state index >= 15 is 0 Å². The highest BCUT2D eigenvalue weighted by Gasteiger charge is 2.77. The molecule has 0 unspecified atom stereocenters. The molecule has 2 aliphatic heterocycles. The van der Waals surface area contributed by atoms with Crippen LogP contribution in [0.25, 0.3) is 0 Å². The van der Waals surface area contributed by atoms with E-state index in [0.717, 1.165) is 18.2 Å². The van der Waals surface area contributed by atoms with Crippen molar-refractivity contribution in [1.82, 2.24) is 4.90 Å². The van der Waals surface area contributed by atoms with Crippen LogP contribution in [0, 0.1) is 29.4 Å². The van der Waals surface area contributed by atoms with Crippen LogP contribution in [0.15, 0.2) is 54.1 Å². The third-order valence-electron chi connectivity index (χ3n) is 8.45. The van der Waals surface area contributed by atoms with E-state index in [9.17, 15) is 37.9 Å². The highest BCUT2D eigenvalue weighted by atomic mass is 35.5. The lowest BCUT2D eigenvalue weighted by Gasteiger charge is -2.50. The molecule has 4 aliphatic rings. The monoisotopic (exact) mass is 589 g/mol. The van der Waals surface area contributed by atoms with Gasteiger partial charge < -0.3 is 10.8 Å². The number of allylic oxidation sites excluding steroid dienone is 2. The summed E-state index contributed by atoms with van der Waals surface area (Å²) in [5, 5.41) is 10.8. The first-order valence-electron chi connectivity index (χ1n) is 12.2. The maximum Gasteiger partial charge on any atom is 0.328 e. The summed E-state index contributed by atoms with van der Waals surface area (Å²) in [4.78, 5) is 62.7. The maximum absolute atomic E-state index is 14.6. The number of nitrogens with two attached hydrogens (primary N) is 1. The van der Waals surface area contributed by atoms with E-state index in [1.54, 1.807) is 6.08 Å². The molecule has 6 rings (SSSR count). The minimum atomic E-state index is -2.34. The van der Waals surface area contributed by atoms with E-state index in [1.807, 2.05) is 0 Å². The Morgan fingerprint density at radius 1 is 0.975 bits per heavy atom. The van der Waals surface area contributed by atoms with Gasteiger partial charge in [0, 0.05) is 11.5 Å². The lowest BCUT2D eigenvalue weighted by atomic mass is 9.56. The van der Waals surface area contributed by atoms with Crippen molar-refractivity contribution in [3.63, 3.8) is 0 Å². The number of amides is 6. The van der Waals surface area contributed by atoms with Crippen LogP contribution in [0.5, 0.6) is 5.75 Å². The number of anilines is 1. The molecule has 0 spiro atoms. The van der Waals surface area contributed by atoms with Gasteiger partial charge in [0.05, 0.1) is 17.5 Å². The molecule has 40 heavy (non-hydrogen) atoms. The van der Waals surface area contributed by atoms with Crippen molar-refractivity contribution in [2.24, 2.45) is 23.5 Å². The SMILES string of the molecule is NC(=O)N1C(=O)[C@H]2[C@H](CC=C3[C@H]2C[C@@]2(Cl)C(=O)N(c4ccc(F)cc4)C(=O)[C@@]2(Cl)[C@H]3c2cccc(F)c2O)C1=O. The quantitative estimate of drug-likeness (QED) is 0.313. The third-order valence-corrected chi connectivity index (χ3v) is 9.86. The fourth-order valence-electron chi connectivity index (χ4n) is 6.73. The summed E-state index contributed by atoms with van der Waals surface area (Å²) in [7, 11) is 0. The van der Waals surface area contributed by atoms with Gasteiger partial charge >= 0.3 is 6.03 Å². The zero-order valence-electron chi connectivity index (χ0n) is 20.3. The Morgan fingerprint density at radius 3 is 2.30 bits per heavy atom. The summed E-state index contributed by atoms with van der Waals surface area (Å²) in [6.45, 7) is 0. The number of imide groups is 4. The number of rotatable bonds is 2. The third kappa shape index (κ3) is 3.15. The number of nitrogens with zero attached hydrogens (tertiary/aromatic N) is 2. The van der Waals surface area contributed by atoms with E-state index in [4.69, 9.17) is 28.9 Å². The number of hydrogen-bond acceptors (Lipinski definition) is 6. The Kier molecular flexibility index (Phi) is 5.66. The highest BCUT2D eigenvalue weighted by Crippen LogP contribution is 2.66. The number of carbonyl (C=O) groups is 5. The zero-order chi connectivity index (χ0) is 28.9. The predicted molar refractivity (Wildman–Crippen MR) is 136 cm³/mol. The molecular formula is C27H19Cl2F2N3O6. The molecule has 9 nitrogen and oxygen atoms in total. The van der Waals surface area contributed by atoms with Crippen LogP contribution in [-0.4, -0.2) is 49.4 Å². The Hall–Kier alpha value is -3.83. The zero-order valence-corrected chi connectivity index (χ0v) is 21.8. The Labute approximate surface area is 235 Å². The lowest BCUT2D eigenvalue weighted by Crippen LogP contribution is -2.60. The summed E-state index contributed by atoms with van der Waals surface area (Å²) in [6, 6.07) is 6.74. The van der Waals surface area contributed by atoms with Gasteiger partial charge in [-0.1, -0.05) is 23.8 Å². The van der Waals surface area contributed by atoms with Gasteiger partial charge in [0.2, 0.25) is 11.8 Å². The van der Waals surface area contributed by atoms with Crippen LogP contribution in [0.3, 0.4) is 0 Å². The largest absolute Gasteiger partial charge is 0.505 e. The molecule has 2 aromatic rings. The van der Waals surface area contributed by atoms with Crippen LogP contribution >= 0.6 is 23.2 Å². The molecule has 2 aliphatic carbocycles. The molecule has 1 saturated carbocycles. The van der Waals surface area contributed by atoms with Crippen LogP contribution < -0.4 is 10.6 Å². The second kappa shape index (κ2) is 8.58. The van der Waals surface area contributed by atoms with E-state index in [0.29, 0.717) is 9.80 Å². The number of phenols is 1. The minimum absolute atomic E-state index is 0.0325. The van der Waals surface area contributed by atoms with Gasteiger partial charge in [-0.25, -0.2) is 18.5 Å². The topological polar surface area (TPSA) is 138 Å². The molecule has 2 heterocycles. The summed E-state index contributed by atoms with van der Waals surface area (Å²) < 4.78 is 28.3. The number of para-hydroxylation sites is 1. The summed E-state index contributed by atoms with van der Waals surface area (Å²) in [5.41, 5.74) is 5.38. The number of alkyl halides is 2. The van der Waals surface area contributed by atoms with Crippen molar-refractivity contribution in [3.8, 4) is 5.75 Å². The molecule has 0 radical (unpaired) electrons. The molecule has 2 saturated heterocycles. The molecule has 3 fully saturated rings. The van der Waals surface area contributed by atoms with Gasteiger partial charge in [-0.3, -0.25) is 19.2 Å². The van der Waals surface area contributed by atoms with Crippen LogP contribution in [-0.2, 0) is 19.2 Å². The maximum atomic E-state index is 14.6. The van der Waals surface area contributed by atoms with Gasteiger partial charge in [-0.2, -0.15) is 4.90 Å². The van der Waals surface area contributed by atoms with Gasteiger partial charge in [-0.15, -0.1) is 23.2 Å². The first-order chi connectivity index (χ1) is 18.8. The van der Waals surface area contributed by atoms with E-state index in [-0.39, 0.29) is 23.2 Å².